The molecular weight excluding hydrogens is 420 g/mol. The molecule has 0 spiro atoms. The van der Waals surface area contributed by atoms with Gasteiger partial charge in [-0.25, -0.2) is 13.1 Å². The molecule has 3 N–H and O–H groups in total. The molecule has 9 heteroatoms. The minimum Gasteiger partial charge on any atom is -0.495 e. The van der Waals surface area contributed by atoms with Crippen LogP contribution in [0.5, 0.6) is 5.75 Å². The average molecular weight is 455 g/mol. The lowest BCUT2D eigenvalue weighted by molar-refractivity contribution is -0.126. The lowest BCUT2D eigenvalue weighted by Gasteiger charge is -2.36. The number of aliphatic hydroxyl groups excluding tert-OH is 1. The zero-order valence-corrected chi connectivity index (χ0v) is 18.9. The Morgan fingerprint density at radius 1 is 1.16 bits per heavy atom. The number of sulfonamides is 1. The number of methoxy groups -OCH3 is 1. The molecule has 1 heterocycles. The fourth-order valence-corrected chi connectivity index (χ4v) is 5.92. The number of hydrogen-bond donors (Lipinski definition) is 3. The topological polar surface area (TPSA) is 114 Å². The van der Waals surface area contributed by atoms with Crippen molar-refractivity contribution in [1.29, 1.82) is 0 Å². The van der Waals surface area contributed by atoms with Crippen LogP contribution in [0, 0.1) is 5.92 Å². The first kappa shape index (κ1) is 24.0. The van der Waals surface area contributed by atoms with E-state index in [1.165, 1.54) is 19.6 Å². The number of amides is 1. The van der Waals surface area contributed by atoms with Crippen molar-refractivity contribution in [3.63, 3.8) is 0 Å². The summed E-state index contributed by atoms with van der Waals surface area (Å²) in [5, 5.41) is 12.8. The molecule has 2 fully saturated rings. The van der Waals surface area contributed by atoms with Crippen molar-refractivity contribution in [2.24, 2.45) is 5.92 Å². The highest BCUT2D eigenvalue weighted by atomic mass is 32.2. The number of nitrogens with one attached hydrogen (secondary N) is 2. The Morgan fingerprint density at radius 3 is 2.61 bits per heavy atom. The van der Waals surface area contributed by atoms with Gasteiger partial charge in [0.05, 0.1) is 32.0 Å². The van der Waals surface area contributed by atoms with Gasteiger partial charge in [0.1, 0.15) is 10.6 Å². The maximum Gasteiger partial charge on any atom is 0.244 e. The fourth-order valence-electron chi connectivity index (χ4n) is 4.45. The van der Waals surface area contributed by atoms with E-state index in [9.17, 15) is 18.3 Å². The van der Waals surface area contributed by atoms with Crippen LogP contribution in [0.15, 0.2) is 29.2 Å². The second-order valence-electron chi connectivity index (χ2n) is 8.35. The molecule has 1 aromatic rings. The van der Waals surface area contributed by atoms with Crippen molar-refractivity contribution in [2.75, 3.05) is 20.3 Å². The normalized spacial score (nSPS) is 25.2. The summed E-state index contributed by atoms with van der Waals surface area (Å²) in [6, 6.07) is 5.88. The van der Waals surface area contributed by atoms with Gasteiger partial charge in [-0.15, -0.1) is 0 Å². The zero-order chi connectivity index (χ0) is 22.3. The van der Waals surface area contributed by atoms with E-state index >= 15 is 0 Å². The van der Waals surface area contributed by atoms with E-state index in [2.05, 4.69) is 10.0 Å². The number of hydrogen-bond acceptors (Lipinski definition) is 6. The lowest BCUT2D eigenvalue weighted by Crippen LogP contribution is -2.51. The summed E-state index contributed by atoms with van der Waals surface area (Å²) in [5.74, 6) is 0.510. The molecule has 1 aliphatic carbocycles. The molecule has 1 saturated heterocycles. The highest BCUT2D eigenvalue weighted by Gasteiger charge is 2.34. The second kappa shape index (κ2) is 11.3. The van der Waals surface area contributed by atoms with Gasteiger partial charge in [0.2, 0.25) is 15.9 Å². The molecular formula is C22H34N2O6S. The number of aliphatic hydroxyl groups is 1. The van der Waals surface area contributed by atoms with Crippen LogP contribution >= 0.6 is 0 Å². The molecule has 2 aliphatic rings. The molecule has 0 radical (unpaired) electrons. The van der Waals surface area contributed by atoms with Crippen LogP contribution in [0.25, 0.3) is 0 Å². The molecule has 3 atom stereocenters. The monoisotopic (exact) mass is 454 g/mol. The highest BCUT2D eigenvalue weighted by molar-refractivity contribution is 7.89. The largest absolute Gasteiger partial charge is 0.495 e. The molecule has 8 nitrogen and oxygen atoms in total. The van der Waals surface area contributed by atoms with Gasteiger partial charge in [-0.3, -0.25) is 4.79 Å². The molecule has 1 aliphatic heterocycles. The van der Waals surface area contributed by atoms with Crippen LogP contribution in [0.2, 0.25) is 0 Å². The Balaban J connectivity index is 1.50. The quantitative estimate of drug-likeness (QED) is 0.526. The number of rotatable bonds is 9. The molecule has 0 unspecified atom stereocenters. The van der Waals surface area contributed by atoms with Gasteiger partial charge in [-0.1, -0.05) is 31.4 Å². The molecule has 0 aromatic heterocycles. The average Bonchev–Trinajstić information content (AvgIpc) is 2.80. The lowest BCUT2D eigenvalue weighted by atomic mass is 9.88. The summed E-state index contributed by atoms with van der Waals surface area (Å²) < 4.78 is 39.5. The number of ether oxygens (including phenoxy) is 2. The van der Waals surface area contributed by atoms with Crippen molar-refractivity contribution in [3.05, 3.63) is 24.3 Å². The Hall–Kier alpha value is -1.68. The summed E-state index contributed by atoms with van der Waals surface area (Å²) in [6.45, 7) is 0.236. The third kappa shape index (κ3) is 6.41. The summed E-state index contributed by atoms with van der Waals surface area (Å²) >= 11 is 0. The van der Waals surface area contributed by atoms with E-state index in [0.29, 0.717) is 25.8 Å². The number of carbonyl (C=O) groups excluding carboxylic acids is 1. The predicted molar refractivity (Wildman–Crippen MR) is 116 cm³/mol. The van der Waals surface area contributed by atoms with E-state index < -0.39 is 22.2 Å². The van der Waals surface area contributed by atoms with Crippen LogP contribution < -0.4 is 14.8 Å². The van der Waals surface area contributed by atoms with Gasteiger partial charge in [0, 0.05) is 12.5 Å². The smallest absolute Gasteiger partial charge is 0.244 e. The van der Waals surface area contributed by atoms with Crippen LogP contribution in [0.3, 0.4) is 0 Å². The van der Waals surface area contributed by atoms with Gasteiger partial charge in [0.15, 0.2) is 0 Å². The van der Waals surface area contributed by atoms with Crippen molar-refractivity contribution in [1.82, 2.24) is 10.0 Å². The molecule has 174 valence electrons. The summed E-state index contributed by atoms with van der Waals surface area (Å²) in [4.78, 5) is 12.3. The van der Waals surface area contributed by atoms with E-state index in [1.807, 2.05) is 0 Å². The van der Waals surface area contributed by atoms with E-state index in [4.69, 9.17) is 9.47 Å². The SMILES string of the molecule is COc1ccccc1S(=O)(=O)N[C@@H]1CC[C@@H](CCNC(=O)C2CCCCC2)O[C@H]1CO. The highest BCUT2D eigenvalue weighted by Crippen LogP contribution is 2.27. The van der Waals surface area contributed by atoms with Gasteiger partial charge in [-0.2, -0.15) is 0 Å². The van der Waals surface area contributed by atoms with E-state index in [0.717, 1.165) is 25.7 Å². The van der Waals surface area contributed by atoms with Crippen molar-refractivity contribution in [3.8, 4) is 5.75 Å². The Bertz CT molecular complexity index is 825. The Labute approximate surface area is 184 Å². The fraction of sp³-hybridized carbons (Fsp3) is 0.682. The van der Waals surface area contributed by atoms with Gasteiger partial charge in [-0.05, 0) is 44.2 Å². The maximum atomic E-state index is 12.8. The first-order chi connectivity index (χ1) is 14.9. The third-order valence-electron chi connectivity index (χ3n) is 6.20. The van der Waals surface area contributed by atoms with Crippen molar-refractivity contribution < 1.29 is 27.8 Å². The van der Waals surface area contributed by atoms with Crippen molar-refractivity contribution >= 4 is 15.9 Å². The number of para-hydroxylation sites is 1. The molecule has 31 heavy (non-hydrogen) atoms. The molecule has 0 bridgehead atoms. The Morgan fingerprint density at radius 2 is 1.90 bits per heavy atom. The van der Waals surface area contributed by atoms with Crippen LogP contribution in [-0.2, 0) is 19.6 Å². The van der Waals surface area contributed by atoms with E-state index in [1.54, 1.807) is 18.2 Å². The van der Waals surface area contributed by atoms with Gasteiger partial charge < -0.3 is 19.9 Å². The minimum atomic E-state index is -3.83. The maximum absolute atomic E-state index is 12.8. The number of benzene rings is 1. The molecule has 3 rings (SSSR count). The summed E-state index contributed by atoms with van der Waals surface area (Å²) in [7, 11) is -2.40. The number of carbonyl (C=O) groups is 1. The first-order valence-electron chi connectivity index (χ1n) is 11.1. The molecule has 1 aromatic carbocycles. The molecule has 1 amide bonds. The van der Waals surface area contributed by atoms with Gasteiger partial charge >= 0.3 is 0 Å². The summed E-state index contributed by atoms with van der Waals surface area (Å²) in [5.41, 5.74) is 0. The van der Waals surface area contributed by atoms with Crippen molar-refractivity contribution in [2.45, 2.75) is 74.5 Å². The van der Waals surface area contributed by atoms with E-state index in [-0.39, 0.29) is 35.2 Å². The van der Waals surface area contributed by atoms with Crippen LogP contribution in [-0.4, -0.2) is 57.9 Å². The minimum absolute atomic E-state index is 0.0572. The third-order valence-corrected chi connectivity index (χ3v) is 7.73. The van der Waals surface area contributed by atoms with Crippen LogP contribution in [0.1, 0.15) is 51.4 Å². The zero-order valence-electron chi connectivity index (χ0n) is 18.1. The second-order valence-corrected chi connectivity index (χ2v) is 10.0. The van der Waals surface area contributed by atoms with Gasteiger partial charge in [0.25, 0.3) is 0 Å². The first-order valence-corrected chi connectivity index (χ1v) is 12.6. The standard InChI is InChI=1S/C22H34N2O6S/c1-29-19-9-5-6-10-21(19)31(27,28)24-18-12-11-17(30-20(18)15-25)13-14-23-22(26)16-7-3-2-4-8-16/h5-6,9-10,16-18,20,24-25H,2-4,7-8,11-15H2,1H3,(H,23,26)/t17-,18+,20-/m0/s1. The predicted octanol–water partition coefficient (Wildman–Crippen LogP) is 1.97. The summed E-state index contributed by atoms with van der Waals surface area (Å²) in [6.07, 6.45) is 6.44. The van der Waals surface area contributed by atoms with Crippen LogP contribution in [0.4, 0.5) is 0 Å². The molecule has 1 saturated carbocycles. The Kier molecular flexibility index (Phi) is 8.71.